The summed E-state index contributed by atoms with van der Waals surface area (Å²) < 4.78 is 68.0. The lowest BCUT2D eigenvalue weighted by molar-refractivity contribution is -0.161. The van der Waals surface area contributed by atoms with Gasteiger partial charge in [-0.25, -0.2) is 9.13 Å². The molecule has 0 heterocycles. The van der Waals surface area contributed by atoms with Crippen LogP contribution in [-0.2, 0) is 65.4 Å². The number of aliphatic hydroxyl groups is 1. The number of phosphoric acid groups is 2. The standard InChI is InChI=1S/C65H126O17P2/c1-7-10-12-14-16-18-19-20-21-22-31-37-43-49-64(69)81-61(54-76-63(68)48-42-36-30-26-24-28-34-40-46-58(6)9-3)56-80-84(73,74)78-52-59(66)51-77-83(71,72)79-55-60(53-75-62(67)47-41-35-29-17-15-13-11-8-2)82-65(70)50-44-38-32-25-23-27-33-39-45-57(4)5/h57-61,66H,7-56H2,1-6H3,(H,71,72)(H,73,74)/t58?,59-,60+,61+/m0/s1. The average molecular weight is 1240 g/mol. The lowest BCUT2D eigenvalue weighted by Gasteiger charge is -2.21. The van der Waals surface area contributed by atoms with Crippen molar-refractivity contribution in [1.82, 2.24) is 0 Å². The molecule has 0 aliphatic rings. The van der Waals surface area contributed by atoms with Crippen LogP contribution in [0.1, 0.15) is 324 Å². The van der Waals surface area contributed by atoms with E-state index in [9.17, 15) is 43.2 Å². The van der Waals surface area contributed by atoms with Gasteiger partial charge in [0, 0.05) is 25.7 Å². The van der Waals surface area contributed by atoms with Crippen molar-refractivity contribution in [1.29, 1.82) is 0 Å². The van der Waals surface area contributed by atoms with Crippen LogP contribution in [0.3, 0.4) is 0 Å². The van der Waals surface area contributed by atoms with Crippen LogP contribution in [-0.4, -0.2) is 96.7 Å². The van der Waals surface area contributed by atoms with Crippen LogP contribution in [0.4, 0.5) is 0 Å². The Bertz CT molecular complexity index is 1650. The third-order valence-electron chi connectivity index (χ3n) is 15.3. The maximum atomic E-state index is 13.0. The molecule has 0 saturated heterocycles. The van der Waals surface area contributed by atoms with Gasteiger partial charge < -0.3 is 33.8 Å². The van der Waals surface area contributed by atoms with E-state index in [0.29, 0.717) is 25.7 Å². The highest BCUT2D eigenvalue weighted by atomic mass is 31.2. The van der Waals surface area contributed by atoms with Crippen LogP contribution in [0.5, 0.6) is 0 Å². The molecule has 84 heavy (non-hydrogen) atoms. The highest BCUT2D eigenvalue weighted by Crippen LogP contribution is 2.45. The smallest absolute Gasteiger partial charge is 0.462 e. The highest BCUT2D eigenvalue weighted by molar-refractivity contribution is 7.47. The van der Waals surface area contributed by atoms with Crippen LogP contribution in [0.25, 0.3) is 0 Å². The van der Waals surface area contributed by atoms with E-state index in [4.69, 9.17) is 37.0 Å². The van der Waals surface area contributed by atoms with Crippen molar-refractivity contribution in [2.24, 2.45) is 11.8 Å². The van der Waals surface area contributed by atoms with Gasteiger partial charge in [0.15, 0.2) is 12.2 Å². The Morgan fingerprint density at radius 1 is 0.345 bits per heavy atom. The lowest BCUT2D eigenvalue weighted by Crippen LogP contribution is -2.30. The van der Waals surface area contributed by atoms with Crippen LogP contribution in [0.2, 0.25) is 0 Å². The first kappa shape index (κ1) is 82.1. The highest BCUT2D eigenvalue weighted by Gasteiger charge is 2.30. The van der Waals surface area contributed by atoms with Crippen molar-refractivity contribution in [3.63, 3.8) is 0 Å². The Morgan fingerprint density at radius 2 is 0.607 bits per heavy atom. The zero-order chi connectivity index (χ0) is 62.2. The number of hydrogen-bond acceptors (Lipinski definition) is 15. The maximum Gasteiger partial charge on any atom is 0.472 e. The summed E-state index contributed by atoms with van der Waals surface area (Å²) in [5.74, 6) is -0.638. The van der Waals surface area contributed by atoms with Gasteiger partial charge in [-0.15, -0.1) is 0 Å². The van der Waals surface area contributed by atoms with Gasteiger partial charge in [-0.2, -0.15) is 0 Å². The summed E-state index contributed by atoms with van der Waals surface area (Å²) in [6.07, 6.45) is 40.3. The number of carbonyl (C=O) groups is 4. The summed E-state index contributed by atoms with van der Waals surface area (Å²) in [7, 11) is -9.89. The third kappa shape index (κ3) is 57.8. The monoisotopic (exact) mass is 1240 g/mol. The van der Waals surface area contributed by atoms with Gasteiger partial charge in [0.25, 0.3) is 0 Å². The second kappa shape index (κ2) is 57.5. The molecule has 0 rings (SSSR count). The molecule has 3 N–H and O–H groups in total. The first-order valence-electron chi connectivity index (χ1n) is 34.0. The summed E-state index contributed by atoms with van der Waals surface area (Å²) >= 11 is 0. The summed E-state index contributed by atoms with van der Waals surface area (Å²) in [5, 5.41) is 10.5. The van der Waals surface area contributed by atoms with E-state index < -0.39 is 97.5 Å². The molecule has 3 unspecified atom stereocenters. The first-order chi connectivity index (χ1) is 40.4. The minimum atomic E-state index is -4.95. The van der Waals surface area contributed by atoms with E-state index in [1.165, 1.54) is 135 Å². The Morgan fingerprint density at radius 3 is 0.905 bits per heavy atom. The zero-order valence-electron chi connectivity index (χ0n) is 54.2. The zero-order valence-corrected chi connectivity index (χ0v) is 56.0. The van der Waals surface area contributed by atoms with Crippen molar-refractivity contribution in [3.8, 4) is 0 Å². The van der Waals surface area contributed by atoms with E-state index in [-0.39, 0.29) is 25.7 Å². The fourth-order valence-electron chi connectivity index (χ4n) is 9.68. The molecule has 0 aromatic rings. The molecular formula is C65H126O17P2. The van der Waals surface area contributed by atoms with Crippen LogP contribution in [0.15, 0.2) is 0 Å². The average Bonchev–Trinajstić information content (AvgIpc) is 3.59. The largest absolute Gasteiger partial charge is 0.472 e. The Hall–Kier alpha value is -1.94. The van der Waals surface area contributed by atoms with Gasteiger partial charge in [-0.1, -0.05) is 273 Å². The lowest BCUT2D eigenvalue weighted by atomic mass is 9.99. The number of unbranched alkanes of at least 4 members (excludes halogenated alkanes) is 33. The second-order valence-corrected chi connectivity index (χ2v) is 27.1. The van der Waals surface area contributed by atoms with Crippen LogP contribution < -0.4 is 0 Å². The fraction of sp³-hybridized carbons (Fsp3) is 0.938. The molecule has 0 radical (unpaired) electrons. The molecule has 0 amide bonds. The van der Waals surface area contributed by atoms with Gasteiger partial charge in [0.2, 0.25) is 0 Å². The Labute approximate surface area is 511 Å². The van der Waals surface area contributed by atoms with Crippen molar-refractivity contribution in [2.45, 2.75) is 342 Å². The van der Waals surface area contributed by atoms with E-state index in [2.05, 4.69) is 41.5 Å². The quantitative estimate of drug-likeness (QED) is 0.0222. The fourth-order valence-corrected chi connectivity index (χ4v) is 11.3. The summed E-state index contributed by atoms with van der Waals surface area (Å²) in [4.78, 5) is 72.2. The molecule has 6 atom stereocenters. The molecule has 0 aromatic carbocycles. The minimum absolute atomic E-state index is 0.104. The van der Waals surface area contributed by atoms with E-state index >= 15 is 0 Å². The van der Waals surface area contributed by atoms with E-state index in [0.717, 1.165) is 108 Å². The van der Waals surface area contributed by atoms with Gasteiger partial charge in [0.05, 0.1) is 26.4 Å². The van der Waals surface area contributed by atoms with Crippen LogP contribution >= 0.6 is 15.6 Å². The number of aliphatic hydroxyl groups excluding tert-OH is 1. The second-order valence-electron chi connectivity index (χ2n) is 24.2. The molecule has 0 aliphatic carbocycles. The molecule has 0 fully saturated rings. The molecule has 0 bridgehead atoms. The SMILES string of the molecule is CCCCCCCCCCCCCCCC(=O)O[C@H](COC(=O)CCCCCCCCCCC(C)CC)COP(=O)(O)OC[C@@H](O)COP(=O)(O)OC[C@@H](COC(=O)CCCCCCCCCC)OC(=O)CCCCCCCCCCC(C)C. The van der Waals surface area contributed by atoms with Gasteiger partial charge in [0.1, 0.15) is 19.3 Å². The van der Waals surface area contributed by atoms with Crippen molar-refractivity contribution < 1.29 is 80.2 Å². The van der Waals surface area contributed by atoms with Gasteiger partial charge in [-0.3, -0.25) is 37.3 Å². The predicted molar refractivity (Wildman–Crippen MR) is 335 cm³/mol. The van der Waals surface area contributed by atoms with Crippen molar-refractivity contribution >= 4 is 39.5 Å². The van der Waals surface area contributed by atoms with E-state index in [1.54, 1.807) is 0 Å². The summed E-state index contributed by atoms with van der Waals surface area (Å²) in [5.41, 5.74) is 0. The minimum Gasteiger partial charge on any atom is -0.462 e. The van der Waals surface area contributed by atoms with Gasteiger partial charge in [-0.05, 0) is 37.5 Å². The van der Waals surface area contributed by atoms with Crippen molar-refractivity contribution in [2.75, 3.05) is 39.6 Å². The summed E-state index contributed by atoms with van der Waals surface area (Å²) in [6, 6.07) is 0. The van der Waals surface area contributed by atoms with Crippen molar-refractivity contribution in [3.05, 3.63) is 0 Å². The number of ether oxygens (including phenoxy) is 4. The first-order valence-corrected chi connectivity index (χ1v) is 37.0. The Kier molecular flexibility index (Phi) is 56.2. The number of rotatable bonds is 64. The molecule has 0 aromatic heterocycles. The molecule has 19 heteroatoms. The molecular weight excluding hydrogens is 1110 g/mol. The topological polar surface area (TPSA) is 237 Å². The van der Waals surface area contributed by atoms with E-state index in [1.807, 2.05) is 0 Å². The maximum absolute atomic E-state index is 13.0. The molecule has 498 valence electrons. The third-order valence-corrected chi connectivity index (χ3v) is 17.2. The summed E-state index contributed by atoms with van der Waals surface area (Å²) in [6.45, 7) is 9.44. The molecule has 17 nitrogen and oxygen atoms in total. The number of esters is 4. The normalized spacial score (nSPS) is 14.6. The van der Waals surface area contributed by atoms with Gasteiger partial charge >= 0.3 is 39.5 Å². The molecule has 0 spiro atoms. The number of hydrogen-bond donors (Lipinski definition) is 3. The molecule has 0 aliphatic heterocycles. The Balaban J connectivity index is 5.24. The predicted octanol–water partition coefficient (Wildman–Crippen LogP) is 18.0. The van der Waals surface area contributed by atoms with Crippen LogP contribution in [0, 0.1) is 11.8 Å². The number of phosphoric ester groups is 2. The number of carbonyl (C=O) groups excluding carboxylic acids is 4. The molecule has 0 saturated carbocycles.